The number of hydrogen-bond acceptors (Lipinski definition) is 4. The van der Waals surface area contributed by atoms with E-state index in [1.54, 1.807) is 0 Å². The van der Waals surface area contributed by atoms with E-state index >= 15 is 0 Å². The molecule has 0 saturated carbocycles. The Kier molecular flexibility index (Phi) is 4.56. The molecule has 1 aromatic carbocycles. The molecule has 0 aliphatic carbocycles. The molecule has 0 bridgehead atoms. The molecule has 118 valence electrons. The van der Waals surface area contributed by atoms with Crippen LogP contribution in [0.1, 0.15) is 16.8 Å². The third-order valence-corrected chi connectivity index (χ3v) is 4.08. The Hall–Kier alpha value is -2.42. The number of nitrogens with one attached hydrogen (secondary N) is 1. The van der Waals surface area contributed by atoms with Crippen LogP contribution in [0.2, 0.25) is 0 Å². The Labute approximate surface area is 135 Å². The topological polar surface area (TPSA) is 69.1 Å². The molecule has 1 fully saturated rings. The van der Waals surface area contributed by atoms with Gasteiger partial charge in [0.2, 0.25) is 0 Å². The van der Waals surface area contributed by atoms with E-state index in [1.807, 2.05) is 37.3 Å². The fourth-order valence-electron chi connectivity index (χ4n) is 2.93. The number of ether oxygens (including phenoxy) is 1. The van der Waals surface area contributed by atoms with Crippen molar-refractivity contribution < 1.29 is 4.74 Å². The first-order valence-electron chi connectivity index (χ1n) is 7.71. The van der Waals surface area contributed by atoms with Crippen molar-refractivity contribution in [1.29, 1.82) is 5.26 Å². The fourth-order valence-corrected chi connectivity index (χ4v) is 2.93. The fraction of sp³-hybridized carbons (Fsp3) is 0.333. The Morgan fingerprint density at radius 1 is 1.26 bits per heavy atom. The van der Waals surface area contributed by atoms with Gasteiger partial charge in [-0.3, -0.25) is 9.69 Å². The average Bonchev–Trinajstić information content (AvgIpc) is 2.56. The van der Waals surface area contributed by atoms with Crippen molar-refractivity contribution in [2.45, 2.75) is 13.5 Å². The van der Waals surface area contributed by atoms with E-state index in [4.69, 9.17) is 4.74 Å². The van der Waals surface area contributed by atoms with Gasteiger partial charge in [0.25, 0.3) is 5.56 Å². The molecule has 1 aliphatic rings. The number of aromatic amines is 1. The van der Waals surface area contributed by atoms with Gasteiger partial charge < -0.3 is 9.72 Å². The number of aromatic nitrogens is 1. The van der Waals surface area contributed by atoms with Crippen LogP contribution >= 0.6 is 0 Å². The number of nitrogens with zero attached hydrogens (tertiary/aromatic N) is 2. The summed E-state index contributed by atoms with van der Waals surface area (Å²) >= 11 is 0. The number of pyridine rings is 1. The molecule has 0 amide bonds. The van der Waals surface area contributed by atoms with Crippen molar-refractivity contribution in [3.05, 3.63) is 57.5 Å². The van der Waals surface area contributed by atoms with Crippen LogP contribution < -0.4 is 5.56 Å². The molecule has 5 nitrogen and oxygen atoms in total. The van der Waals surface area contributed by atoms with Crippen LogP contribution in [-0.4, -0.2) is 36.2 Å². The SMILES string of the molecule is Cc1cc(-c2ccccc2CN2CCOCC2)c(C#N)c(=O)[nH]1. The lowest BCUT2D eigenvalue weighted by molar-refractivity contribution is 0.0342. The van der Waals surface area contributed by atoms with Crippen molar-refractivity contribution in [3.8, 4) is 17.2 Å². The van der Waals surface area contributed by atoms with Crippen LogP contribution in [-0.2, 0) is 11.3 Å². The summed E-state index contributed by atoms with van der Waals surface area (Å²) in [7, 11) is 0. The predicted octanol–water partition coefficient (Wildman–Crippen LogP) is 2.05. The highest BCUT2D eigenvalue weighted by Crippen LogP contribution is 2.27. The van der Waals surface area contributed by atoms with Gasteiger partial charge in [-0.1, -0.05) is 24.3 Å². The molecule has 0 radical (unpaired) electrons. The van der Waals surface area contributed by atoms with Gasteiger partial charge in [-0.15, -0.1) is 0 Å². The van der Waals surface area contributed by atoms with E-state index in [0.29, 0.717) is 5.56 Å². The van der Waals surface area contributed by atoms with E-state index in [1.165, 1.54) is 0 Å². The second-order valence-corrected chi connectivity index (χ2v) is 5.73. The largest absolute Gasteiger partial charge is 0.379 e. The molecule has 5 heteroatoms. The Morgan fingerprint density at radius 2 is 2.00 bits per heavy atom. The van der Waals surface area contributed by atoms with E-state index in [9.17, 15) is 10.1 Å². The minimum atomic E-state index is -0.330. The first-order valence-corrected chi connectivity index (χ1v) is 7.71. The summed E-state index contributed by atoms with van der Waals surface area (Å²) in [5, 5.41) is 9.37. The number of hydrogen-bond donors (Lipinski definition) is 1. The van der Waals surface area contributed by atoms with Crippen molar-refractivity contribution in [2.75, 3.05) is 26.3 Å². The average molecular weight is 309 g/mol. The highest BCUT2D eigenvalue weighted by Gasteiger charge is 2.16. The van der Waals surface area contributed by atoms with Crippen molar-refractivity contribution in [2.24, 2.45) is 0 Å². The maximum absolute atomic E-state index is 12.1. The number of H-pyrrole nitrogens is 1. The summed E-state index contributed by atoms with van der Waals surface area (Å²) in [6, 6.07) is 11.9. The first-order chi connectivity index (χ1) is 11.2. The molecule has 2 aromatic rings. The van der Waals surface area contributed by atoms with Gasteiger partial charge in [-0.05, 0) is 24.1 Å². The Balaban J connectivity index is 2.04. The Morgan fingerprint density at radius 3 is 2.74 bits per heavy atom. The molecule has 1 aliphatic heterocycles. The van der Waals surface area contributed by atoms with Crippen LogP contribution in [0.4, 0.5) is 0 Å². The maximum Gasteiger partial charge on any atom is 0.266 e. The molecule has 3 rings (SSSR count). The lowest BCUT2D eigenvalue weighted by Gasteiger charge is -2.27. The van der Waals surface area contributed by atoms with E-state index in [2.05, 4.69) is 16.0 Å². The second-order valence-electron chi connectivity index (χ2n) is 5.73. The van der Waals surface area contributed by atoms with Gasteiger partial charge in [0.1, 0.15) is 11.6 Å². The zero-order valence-corrected chi connectivity index (χ0v) is 13.1. The zero-order chi connectivity index (χ0) is 16.2. The number of morpholine rings is 1. The standard InChI is InChI=1S/C18H19N3O2/c1-13-10-16(17(11-19)18(22)20-13)15-5-3-2-4-14(15)12-21-6-8-23-9-7-21/h2-5,10H,6-9,12H2,1H3,(H,20,22). The lowest BCUT2D eigenvalue weighted by atomic mass is 9.96. The number of rotatable bonds is 3. The minimum Gasteiger partial charge on any atom is -0.379 e. The predicted molar refractivity (Wildman–Crippen MR) is 88.0 cm³/mol. The van der Waals surface area contributed by atoms with E-state index in [-0.39, 0.29) is 11.1 Å². The first kappa shape index (κ1) is 15.5. The van der Waals surface area contributed by atoms with Gasteiger partial charge in [-0.25, -0.2) is 0 Å². The van der Waals surface area contributed by atoms with Gasteiger partial charge in [0, 0.05) is 30.9 Å². The molecule has 0 unspecified atom stereocenters. The van der Waals surface area contributed by atoms with Crippen LogP contribution in [0.15, 0.2) is 35.1 Å². The summed E-state index contributed by atoms with van der Waals surface area (Å²) in [6.45, 7) is 5.90. The van der Waals surface area contributed by atoms with E-state index < -0.39 is 0 Å². The monoisotopic (exact) mass is 309 g/mol. The molecule has 23 heavy (non-hydrogen) atoms. The molecular formula is C18H19N3O2. The number of aryl methyl sites for hydroxylation is 1. The van der Waals surface area contributed by atoms with Gasteiger partial charge in [0.05, 0.1) is 13.2 Å². The summed E-state index contributed by atoms with van der Waals surface area (Å²) in [4.78, 5) is 17.1. The van der Waals surface area contributed by atoms with E-state index in [0.717, 1.165) is 49.7 Å². The van der Waals surface area contributed by atoms with Gasteiger partial charge in [-0.2, -0.15) is 5.26 Å². The Bertz CT molecular complexity index is 799. The molecule has 1 N–H and O–H groups in total. The molecule has 1 aromatic heterocycles. The number of benzene rings is 1. The van der Waals surface area contributed by atoms with Crippen LogP contribution in [0.3, 0.4) is 0 Å². The second kappa shape index (κ2) is 6.78. The zero-order valence-electron chi connectivity index (χ0n) is 13.1. The molecule has 0 spiro atoms. The van der Waals surface area contributed by atoms with Crippen LogP contribution in [0.5, 0.6) is 0 Å². The van der Waals surface area contributed by atoms with Crippen molar-refractivity contribution in [3.63, 3.8) is 0 Å². The van der Waals surface area contributed by atoms with Gasteiger partial charge >= 0.3 is 0 Å². The lowest BCUT2D eigenvalue weighted by Crippen LogP contribution is -2.35. The quantitative estimate of drug-likeness (QED) is 0.942. The highest BCUT2D eigenvalue weighted by molar-refractivity contribution is 5.73. The van der Waals surface area contributed by atoms with Gasteiger partial charge in [0.15, 0.2) is 0 Å². The smallest absolute Gasteiger partial charge is 0.266 e. The van der Waals surface area contributed by atoms with Crippen molar-refractivity contribution >= 4 is 0 Å². The molecule has 2 heterocycles. The molecular weight excluding hydrogens is 290 g/mol. The summed E-state index contributed by atoms with van der Waals surface area (Å²) < 4.78 is 5.39. The maximum atomic E-state index is 12.1. The summed E-state index contributed by atoms with van der Waals surface area (Å²) in [5.74, 6) is 0. The molecule has 0 atom stereocenters. The molecule has 1 saturated heterocycles. The number of nitriles is 1. The van der Waals surface area contributed by atoms with Crippen LogP contribution in [0.25, 0.3) is 11.1 Å². The minimum absolute atomic E-state index is 0.171. The summed E-state index contributed by atoms with van der Waals surface area (Å²) in [6.07, 6.45) is 0. The third-order valence-electron chi connectivity index (χ3n) is 4.08. The van der Waals surface area contributed by atoms with Crippen LogP contribution in [0, 0.1) is 18.3 Å². The normalized spacial score (nSPS) is 15.3. The summed E-state index contributed by atoms with van der Waals surface area (Å²) in [5.41, 5.74) is 3.37. The highest BCUT2D eigenvalue weighted by atomic mass is 16.5. The van der Waals surface area contributed by atoms with Crippen molar-refractivity contribution in [1.82, 2.24) is 9.88 Å². The third kappa shape index (κ3) is 3.34.